The van der Waals surface area contributed by atoms with Crippen molar-refractivity contribution in [3.8, 4) is 5.75 Å². The van der Waals surface area contributed by atoms with Gasteiger partial charge in [0.2, 0.25) is 0 Å². The molecule has 0 saturated heterocycles. The molecule has 0 aliphatic carbocycles. The van der Waals surface area contributed by atoms with E-state index < -0.39 is 0 Å². The largest absolute Gasteiger partial charge is 0.495 e. The van der Waals surface area contributed by atoms with Crippen LogP contribution in [0.3, 0.4) is 0 Å². The highest BCUT2D eigenvalue weighted by Crippen LogP contribution is 2.35. The minimum absolute atomic E-state index is 0.0113. The number of carbonyl (C=O) groups is 1. The fourth-order valence-corrected chi connectivity index (χ4v) is 3.82. The van der Waals surface area contributed by atoms with E-state index in [0.717, 1.165) is 35.3 Å². The van der Waals surface area contributed by atoms with Gasteiger partial charge in [0.15, 0.2) is 0 Å². The van der Waals surface area contributed by atoms with Gasteiger partial charge in [-0.05, 0) is 42.5 Å². The SMILES string of the molecule is CCCN(CC)C(=O)c1cnc(Nc2cc(C(C)(C)C)ccc2OC)c2ccn(C)c12. The van der Waals surface area contributed by atoms with Gasteiger partial charge in [-0.15, -0.1) is 0 Å². The maximum absolute atomic E-state index is 13.2. The average molecular weight is 423 g/mol. The molecule has 2 aromatic heterocycles. The number of hydrogen-bond donors (Lipinski definition) is 1. The Bertz CT molecular complexity index is 1080. The van der Waals surface area contributed by atoms with Crippen LogP contribution >= 0.6 is 0 Å². The highest BCUT2D eigenvalue weighted by Gasteiger charge is 2.21. The van der Waals surface area contributed by atoms with Crippen LogP contribution in [0, 0.1) is 0 Å². The fourth-order valence-electron chi connectivity index (χ4n) is 3.82. The van der Waals surface area contributed by atoms with Crippen molar-refractivity contribution >= 4 is 28.3 Å². The molecule has 166 valence electrons. The summed E-state index contributed by atoms with van der Waals surface area (Å²) in [6.45, 7) is 12.0. The zero-order chi connectivity index (χ0) is 22.8. The van der Waals surface area contributed by atoms with Crippen LogP contribution in [0.2, 0.25) is 0 Å². The van der Waals surface area contributed by atoms with Gasteiger partial charge >= 0.3 is 0 Å². The number of benzene rings is 1. The van der Waals surface area contributed by atoms with Crippen LogP contribution in [0.1, 0.15) is 57.0 Å². The maximum Gasteiger partial charge on any atom is 0.257 e. The first-order chi connectivity index (χ1) is 14.7. The number of anilines is 2. The van der Waals surface area contributed by atoms with Gasteiger partial charge in [-0.25, -0.2) is 4.98 Å². The Morgan fingerprint density at radius 3 is 2.58 bits per heavy atom. The summed E-state index contributed by atoms with van der Waals surface area (Å²) in [5, 5.41) is 4.36. The molecule has 0 unspecified atom stereocenters. The second-order valence-corrected chi connectivity index (χ2v) is 8.88. The minimum Gasteiger partial charge on any atom is -0.495 e. The molecule has 31 heavy (non-hydrogen) atoms. The molecule has 1 N–H and O–H groups in total. The van der Waals surface area contributed by atoms with Crippen molar-refractivity contribution in [2.24, 2.45) is 7.05 Å². The molecule has 0 radical (unpaired) electrons. The van der Waals surface area contributed by atoms with Gasteiger partial charge in [-0.3, -0.25) is 4.79 Å². The number of nitrogens with one attached hydrogen (secondary N) is 1. The number of ether oxygens (including phenoxy) is 1. The van der Waals surface area contributed by atoms with Crippen LogP contribution in [-0.2, 0) is 12.5 Å². The highest BCUT2D eigenvalue weighted by atomic mass is 16.5. The molecule has 0 fully saturated rings. The number of pyridine rings is 1. The molecule has 0 spiro atoms. The van der Waals surface area contributed by atoms with E-state index in [1.165, 1.54) is 5.56 Å². The molecule has 0 atom stereocenters. The fraction of sp³-hybridized carbons (Fsp3) is 0.440. The number of aryl methyl sites for hydroxylation is 1. The first kappa shape index (κ1) is 22.7. The molecule has 3 aromatic rings. The summed E-state index contributed by atoms with van der Waals surface area (Å²) >= 11 is 0. The molecule has 2 heterocycles. The predicted molar refractivity (Wildman–Crippen MR) is 128 cm³/mol. The number of rotatable bonds is 7. The third-order valence-corrected chi connectivity index (χ3v) is 5.62. The molecule has 6 heteroatoms. The summed E-state index contributed by atoms with van der Waals surface area (Å²) in [6.07, 6.45) is 4.57. The molecule has 0 bridgehead atoms. The van der Waals surface area contributed by atoms with E-state index in [0.29, 0.717) is 17.9 Å². The van der Waals surface area contributed by atoms with Crippen LogP contribution in [-0.4, -0.2) is 40.6 Å². The molecule has 0 aliphatic heterocycles. The molecule has 3 rings (SSSR count). The zero-order valence-electron chi connectivity index (χ0n) is 19.7. The van der Waals surface area contributed by atoms with Gasteiger partial charge in [0.05, 0.1) is 23.9 Å². The molecule has 1 amide bonds. The summed E-state index contributed by atoms with van der Waals surface area (Å²) in [5.41, 5.74) is 3.57. The molecular weight excluding hydrogens is 388 g/mol. The molecule has 1 aromatic carbocycles. The number of methoxy groups -OCH3 is 1. The minimum atomic E-state index is 0.0113. The lowest BCUT2D eigenvalue weighted by molar-refractivity contribution is 0.0765. The Balaban J connectivity index is 2.08. The van der Waals surface area contributed by atoms with Crippen molar-refractivity contribution in [3.63, 3.8) is 0 Å². The smallest absolute Gasteiger partial charge is 0.257 e. The monoisotopic (exact) mass is 422 g/mol. The van der Waals surface area contributed by atoms with Gasteiger partial charge in [0.1, 0.15) is 11.6 Å². The second kappa shape index (κ2) is 9.00. The number of nitrogens with zero attached hydrogens (tertiary/aromatic N) is 3. The lowest BCUT2D eigenvalue weighted by atomic mass is 9.87. The van der Waals surface area contributed by atoms with Crippen LogP contribution in [0.5, 0.6) is 5.75 Å². The van der Waals surface area contributed by atoms with Crippen molar-refractivity contribution in [2.75, 3.05) is 25.5 Å². The first-order valence-electron chi connectivity index (χ1n) is 10.9. The molecular formula is C25H34N4O2. The number of amides is 1. The van der Waals surface area contributed by atoms with Crippen molar-refractivity contribution in [2.45, 2.75) is 46.5 Å². The Kier molecular flexibility index (Phi) is 6.58. The van der Waals surface area contributed by atoms with E-state index in [-0.39, 0.29) is 11.3 Å². The Morgan fingerprint density at radius 1 is 1.23 bits per heavy atom. The van der Waals surface area contributed by atoms with Crippen LogP contribution < -0.4 is 10.1 Å². The van der Waals surface area contributed by atoms with E-state index in [4.69, 9.17) is 4.74 Å². The predicted octanol–water partition coefficient (Wildman–Crippen LogP) is 5.50. The lowest BCUT2D eigenvalue weighted by Crippen LogP contribution is -2.32. The number of aromatic nitrogens is 2. The Morgan fingerprint density at radius 2 is 1.97 bits per heavy atom. The van der Waals surface area contributed by atoms with Crippen LogP contribution in [0.4, 0.5) is 11.5 Å². The summed E-state index contributed by atoms with van der Waals surface area (Å²) in [4.78, 5) is 19.7. The Labute approximate surface area is 185 Å². The topological polar surface area (TPSA) is 59.4 Å². The third kappa shape index (κ3) is 4.53. The van der Waals surface area contributed by atoms with Crippen molar-refractivity contribution in [1.29, 1.82) is 0 Å². The van der Waals surface area contributed by atoms with Gasteiger partial charge < -0.3 is 19.5 Å². The van der Waals surface area contributed by atoms with Crippen molar-refractivity contribution in [3.05, 3.63) is 47.8 Å². The molecule has 0 saturated carbocycles. The van der Waals surface area contributed by atoms with E-state index in [2.05, 4.69) is 50.1 Å². The number of carbonyl (C=O) groups excluding carboxylic acids is 1. The van der Waals surface area contributed by atoms with Crippen LogP contribution in [0.25, 0.3) is 10.9 Å². The van der Waals surface area contributed by atoms with Gasteiger partial charge in [-0.2, -0.15) is 0 Å². The average Bonchev–Trinajstić information content (AvgIpc) is 3.13. The van der Waals surface area contributed by atoms with Crippen LogP contribution in [0.15, 0.2) is 36.7 Å². The Hall–Kier alpha value is -3.02. The summed E-state index contributed by atoms with van der Waals surface area (Å²) in [6, 6.07) is 8.17. The number of fused-ring (bicyclic) bond motifs is 1. The normalized spacial score (nSPS) is 11.6. The standard InChI is InChI=1S/C25H34N4O2/c1-8-13-29(9-2)24(30)19-16-26-23(18-12-14-28(6)22(18)19)27-20-15-17(25(3,4)5)10-11-21(20)31-7/h10-12,14-16H,8-9,13H2,1-7H3,(H,26,27). The van der Waals surface area contributed by atoms with Gasteiger partial charge in [-0.1, -0.05) is 33.8 Å². The highest BCUT2D eigenvalue weighted by molar-refractivity contribution is 6.08. The third-order valence-electron chi connectivity index (χ3n) is 5.62. The van der Waals surface area contributed by atoms with Crippen molar-refractivity contribution in [1.82, 2.24) is 14.5 Å². The second-order valence-electron chi connectivity index (χ2n) is 8.88. The molecule has 0 aliphatic rings. The zero-order valence-corrected chi connectivity index (χ0v) is 19.7. The summed E-state index contributed by atoms with van der Waals surface area (Å²) in [5.74, 6) is 1.47. The van der Waals surface area contributed by atoms with Gasteiger partial charge in [0.25, 0.3) is 5.91 Å². The van der Waals surface area contributed by atoms with E-state index in [9.17, 15) is 4.79 Å². The lowest BCUT2D eigenvalue weighted by Gasteiger charge is -2.22. The van der Waals surface area contributed by atoms with Crippen molar-refractivity contribution < 1.29 is 9.53 Å². The first-order valence-corrected chi connectivity index (χ1v) is 10.9. The molecule has 6 nitrogen and oxygen atoms in total. The van der Waals surface area contributed by atoms with E-state index in [1.807, 2.05) is 41.8 Å². The van der Waals surface area contributed by atoms with Gasteiger partial charge in [0, 0.05) is 37.9 Å². The maximum atomic E-state index is 13.2. The van der Waals surface area contributed by atoms with E-state index in [1.54, 1.807) is 13.3 Å². The van der Waals surface area contributed by atoms with E-state index >= 15 is 0 Å². The number of hydrogen-bond acceptors (Lipinski definition) is 4. The summed E-state index contributed by atoms with van der Waals surface area (Å²) in [7, 11) is 3.62. The quantitative estimate of drug-likeness (QED) is 0.546. The summed E-state index contributed by atoms with van der Waals surface area (Å²) < 4.78 is 7.57.